The van der Waals surface area contributed by atoms with Crippen molar-refractivity contribution < 1.29 is 60.6 Å². The van der Waals surface area contributed by atoms with Crippen molar-refractivity contribution in [2.75, 3.05) is 39.5 Å². The maximum atomic E-state index is 11.1. The van der Waals surface area contributed by atoms with Gasteiger partial charge in [0.2, 0.25) is 0 Å². The summed E-state index contributed by atoms with van der Waals surface area (Å²) in [5, 5.41) is 97.6. The van der Waals surface area contributed by atoms with Crippen LogP contribution >= 0.6 is 11.8 Å². The summed E-state index contributed by atoms with van der Waals surface area (Å²) in [5.41, 5.74) is 0.913. The molecule has 0 heterocycles. The molecule has 1 aromatic carbocycles. The number of carbonyl (C=O) groups excluding carboxylic acids is 1. The first kappa shape index (κ1) is 33.6. The van der Waals surface area contributed by atoms with E-state index in [2.05, 4.69) is 0 Å². The highest BCUT2D eigenvalue weighted by atomic mass is 32.2. The summed E-state index contributed by atoms with van der Waals surface area (Å²) >= 11 is 1.17. The number of aliphatic hydroxyl groups excluding tert-OH is 10. The molecule has 0 spiro atoms. The van der Waals surface area contributed by atoms with Crippen LogP contribution in [0, 0.1) is 0 Å². The molecule has 214 valence electrons. The zero-order valence-corrected chi connectivity index (χ0v) is 21.3. The van der Waals surface area contributed by atoms with Crippen LogP contribution in [0.15, 0.2) is 24.3 Å². The zero-order chi connectivity index (χ0) is 28.1. The monoisotopic (exact) mass is 553 g/mol. The van der Waals surface area contributed by atoms with Gasteiger partial charge >= 0.3 is 0 Å². The summed E-state index contributed by atoms with van der Waals surface area (Å²) in [6.07, 6.45) is -14.2. The number of thioether (sulfide) groups is 1. The lowest BCUT2D eigenvalue weighted by Gasteiger charge is -2.33. The molecule has 0 amide bonds. The van der Waals surface area contributed by atoms with Gasteiger partial charge in [-0.05, 0) is 17.7 Å². The summed E-state index contributed by atoms with van der Waals surface area (Å²) in [6.45, 7) is -0.976. The molecule has 1 aromatic rings. The minimum absolute atomic E-state index is 0.00296. The predicted octanol–water partition coefficient (Wildman–Crippen LogP) is -3.98. The zero-order valence-electron chi connectivity index (χ0n) is 20.5. The number of hydrogen-bond acceptors (Lipinski definition) is 14. The number of carbonyl (C=O) groups is 1. The Morgan fingerprint density at radius 2 is 1.22 bits per heavy atom. The first-order valence-electron chi connectivity index (χ1n) is 11.6. The smallest absolute Gasteiger partial charge is 0.186 e. The van der Waals surface area contributed by atoms with Crippen LogP contribution in [0.25, 0.3) is 0 Å². The van der Waals surface area contributed by atoms with Gasteiger partial charge in [0.1, 0.15) is 49.0 Å². The van der Waals surface area contributed by atoms with E-state index in [0.717, 1.165) is 5.56 Å². The van der Waals surface area contributed by atoms with Gasteiger partial charge < -0.3 is 55.8 Å². The molecular weight excluding hydrogens is 514 g/mol. The van der Waals surface area contributed by atoms with Crippen LogP contribution in [0.5, 0.6) is 5.75 Å². The van der Waals surface area contributed by atoms with E-state index in [1.54, 1.807) is 24.3 Å². The van der Waals surface area contributed by atoms with Crippen LogP contribution in [0.2, 0.25) is 0 Å². The topological polar surface area (TPSA) is 232 Å². The fourth-order valence-electron chi connectivity index (χ4n) is 3.29. The first-order valence-corrected chi connectivity index (χ1v) is 12.6. The number of aliphatic hydroxyl groups is 10. The molecule has 0 aliphatic carbocycles. The molecule has 10 N–H and O–H groups in total. The Labute approximate surface area is 219 Å². The third-order valence-corrected chi connectivity index (χ3v) is 6.47. The molecule has 0 bridgehead atoms. The molecule has 0 unspecified atom stereocenters. The average molecular weight is 554 g/mol. The quantitative estimate of drug-likeness (QED) is 0.0835. The van der Waals surface area contributed by atoms with Gasteiger partial charge in [-0.2, -0.15) is 0 Å². The van der Waals surface area contributed by atoms with Crippen LogP contribution < -0.4 is 4.74 Å². The van der Waals surface area contributed by atoms with Crippen molar-refractivity contribution in [3.63, 3.8) is 0 Å². The van der Waals surface area contributed by atoms with E-state index < -0.39 is 62.0 Å². The number of hydrogen-bond donors (Lipinski definition) is 10. The van der Waals surface area contributed by atoms with Crippen molar-refractivity contribution >= 4 is 16.9 Å². The van der Waals surface area contributed by atoms with Crippen LogP contribution in [-0.2, 0) is 10.5 Å². The maximum Gasteiger partial charge on any atom is 0.186 e. The summed E-state index contributed by atoms with van der Waals surface area (Å²) in [4.78, 5) is 12.4. The lowest BCUT2D eigenvalue weighted by molar-refractivity contribution is -0.130. The van der Waals surface area contributed by atoms with Gasteiger partial charge in [-0.25, -0.2) is 0 Å². The molecule has 14 heteroatoms. The highest BCUT2D eigenvalue weighted by Crippen LogP contribution is 2.17. The standard InChI is InChI=1S/C23H39NO12S/c1-13(27)37-12-14-2-4-15(5-3-14)36-7-6-24(8-16(28)20(32)22(34)18(30)10-25)9-17(29)21(33)23(35)19(31)11-26/h2-5,16-23,25-26,28-35H,6-12H2,1H3/t16-,17-,18-,19-,20-,21-,22-,23-/m1/s1. The maximum absolute atomic E-state index is 11.1. The molecule has 0 radical (unpaired) electrons. The van der Waals surface area contributed by atoms with Crippen molar-refractivity contribution in [2.24, 2.45) is 0 Å². The Kier molecular flexibility index (Phi) is 15.7. The lowest BCUT2D eigenvalue weighted by atomic mass is 10.0. The second-order valence-electron chi connectivity index (χ2n) is 8.63. The molecule has 0 fully saturated rings. The molecule has 1 rings (SSSR count). The molecule has 0 aliphatic rings. The Bertz CT molecular complexity index is 743. The third-order valence-electron chi connectivity index (χ3n) is 5.58. The van der Waals surface area contributed by atoms with E-state index in [9.17, 15) is 45.6 Å². The molecular formula is C23H39NO12S. The number of rotatable bonds is 18. The Morgan fingerprint density at radius 1 is 0.784 bits per heavy atom. The van der Waals surface area contributed by atoms with Crippen molar-refractivity contribution in [2.45, 2.75) is 61.5 Å². The number of ether oxygens (including phenoxy) is 1. The van der Waals surface area contributed by atoms with Crippen molar-refractivity contribution in [3.05, 3.63) is 29.8 Å². The molecule has 0 saturated carbocycles. The van der Waals surface area contributed by atoms with Gasteiger partial charge in [0.25, 0.3) is 0 Å². The summed E-state index contributed by atoms with van der Waals surface area (Å²) in [5.74, 6) is 0.998. The SMILES string of the molecule is CC(=O)SCc1ccc(OCCN(C[C@@H](O)[C@@H](O)[C@H](O)[C@H](O)CO)C[C@@H](O)[C@@H](O)[C@H](O)[C@H](O)CO)cc1. The van der Waals surface area contributed by atoms with Gasteiger partial charge in [0, 0.05) is 32.3 Å². The second kappa shape index (κ2) is 17.2. The van der Waals surface area contributed by atoms with Gasteiger partial charge in [-0.3, -0.25) is 9.69 Å². The average Bonchev–Trinajstić information content (AvgIpc) is 2.89. The molecule has 0 aliphatic heterocycles. The van der Waals surface area contributed by atoms with Crippen LogP contribution in [0.4, 0.5) is 0 Å². The van der Waals surface area contributed by atoms with Crippen LogP contribution in [-0.4, -0.2) is 149 Å². The van der Waals surface area contributed by atoms with E-state index in [1.165, 1.54) is 23.6 Å². The molecule has 13 nitrogen and oxygen atoms in total. The summed E-state index contributed by atoms with van der Waals surface area (Å²) < 4.78 is 5.66. The molecule has 0 saturated heterocycles. The minimum atomic E-state index is -1.87. The largest absolute Gasteiger partial charge is 0.492 e. The highest BCUT2D eigenvalue weighted by Gasteiger charge is 2.34. The van der Waals surface area contributed by atoms with Crippen LogP contribution in [0.1, 0.15) is 12.5 Å². The highest BCUT2D eigenvalue weighted by molar-refractivity contribution is 8.12. The van der Waals surface area contributed by atoms with Gasteiger partial charge in [0.15, 0.2) is 5.12 Å². The van der Waals surface area contributed by atoms with E-state index in [0.29, 0.717) is 11.5 Å². The van der Waals surface area contributed by atoms with Crippen LogP contribution in [0.3, 0.4) is 0 Å². The lowest BCUT2D eigenvalue weighted by Crippen LogP contribution is -2.53. The number of benzene rings is 1. The molecule has 8 atom stereocenters. The van der Waals surface area contributed by atoms with E-state index >= 15 is 0 Å². The normalized spacial score (nSPS) is 18.5. The third kappa shape index (κ3) is 11.9. The Balaban J connectivity index is 2.82. The summed E-state index contributed by atoms with van der Waals surface area (Å²) in [7, 11) is 0. The Morgan fingerprint density at radius 3 is 1.62 bits per heavy atom. The van der Waals surface area contributed by atoms with E-state index in [4.69, 9.17) is 14.9 Å². The van der Waals surface area contributed by atoms with Crippen molar-refractivity contribution in [1.82, 2.24) is 4.90 Å². The number of nitrogens with zero attached hydrogens (tertiary/aromatic N) is 1. The second-order valence-corrected chi connectivity index (χ2v) is 9.78. The van der Waals surface area contributed by atoms with Gasteiger partial charge in [-0.1, -0.05) is 23.9 Å². The predicted molar refractivity (Wildman–Crippen MR) is 133 cm³/mol. The van der Waals surface area contributed by atoms with Crippen molar-refractivity contribution in [1.29, 1.82) is 0 Å². The van der Waals surface area contributed by atoms with Gasteiger partial charge in [0.05, 0.1) is 25.4 Å². The van der Waals surface area contributed by atoms with Crippen molar-refractivity contribution in [3.8, 4) is 5.75 Å². The minimum Gasteiger partial charge on any atom is -0.492 e. The van der Waals surface area contributed by atoms with Gasteiger partial charge in [-0.15, -0.1) is 0 Å². The van der Waals surface area contributed by atoms with E-state index in [1.807, 2.05) is 0 Å². The fraction of sp³-hybridized carbons (Fsp3) is 0.696. The fourth-order valence-corrected chi connectivity index (χ4v) is 3.85. The summed E-state index contributed by atoms with van der Waals surface area (Å²) in [6, 6.07) is 6.95. The molecule has 37 heavy (non-hydrogen) atoms. The Hall–Kier alpha value is -1.40. The van der Waals surface area contributed by atoms with E-state index in [-0.39, 0.29) is 31.4 Å². The first-order chi connectivity index (χ1) is 17.4. The molecule has 0 aromatic heterocycles.